The average molecular weight is 422 g/mol. The number of amides is 2. The van der Waals surface area contributed by atoms with Gasteiger partial charge in [0.05, 0.1) is 6.04 Å². The summed E-state index contributed by atoms with van der Waals surface area (Å²) in [6, 6.07) is 5.41. The maximum Gasteiger partial charge on any atom is 0.326 e. The van der Waals surface area contributed by atoms with Crippen LogP contribution >= 0.6 is 0 Å². The first kappa shape index (κ1) is 25.1. The Balaban J connectivity index is 2.80. The van der Waals surface area contributed by atoms with Crippen LogP contribution in [0.25, 0.3) is 0 Å². The molecule has 30 heavy (non-hydrogen) atoms. The Kier molecular flexibility index (Phi) is 11.1. The van der Waals surface area contributed by atoms with Crippen LogP contribution in [0.3, 0.4) is 0 Å². The number of aliphatic carboxylic acids is 2. The lowest BCUT2D eigenvalue weighted by Crippen LogP contribution is -2.55. The van der Waals surface area contributed by atoms with Crippen LogP contribution in [-0.4, -0.2) is 58.6 Å². The molecule has 0 spiro atoms. The van der Waals surface area contributed by atoms with Crippen molar-refractivity contribution in [2.24, 2.45) is 11.5 Å². The quantitative estimate of drug-likeness (QED) is 0.219. The third-order valence-corrected chi connectivity index (χ3v) is 4.48. The Morgan fingerprint density at radius 2 is 1.53 bits per heavy atom. The van der Waals surface area contributed by atoms with E-state index in [4.69, 9.17) is 16.6 Å². The van der Waals surface area contributed by atoms with Crippen molar-refractivity contribution < 1.29 is 29.4 Å². The molecule has 0 bridgehead atoms. The minimum atomic E-state index is -1.24. The molecule has 0 heterocycles. The van der Waals surface area contributed by atoms with Gasteiger partial charge in [-0.1, -0.05) is 36.8 Å². The van der Waals surface area contributed by atoms with E-state index >= 15 is 0 Å². The SMILES string of the molecule is NCCCCC(N)C(=O)NC(CCC(=O)O)C(=O)NC(Cc1ccccc1)C(=O)O. The largest absolute Gasteiger partial charge is 0.481 e. The summed E-state index contributed by atoms with van der Waals surface area (Å²) < 4.78 is 0. The highest BCUT2D eigenvalue weighted by atomic mass is 16.4. The third kappa shape index (κ3) is 9.48. The van der Waals surface area contributed by atoms with Crippen molar-refractivity contribution in [3.8, 4) is 0 Å². The molecule has 0 saturated carbocycles. The number of nitrogens with two attached hydrogens (primary N) is 2. The van der Waals surface area contributed by atoms with Crippen LogP contribution in [0.4, 0.5) is 0 Å². The van der Waals surface area contributed by atoms with Crippen LogP contribution in [-0.2, 0) is 25.6 Å². The number of rotatable bonds is 14. The fourth-order valence-electron chi connectivity index (χ4n) is 2.78. The molecule has 10 heteroatoms. The number of carbonyl (C=O) groups excluding carboxylic acids is 2. The monoisotopic (exact) mass is 422 g/mol. The van der Waals surface area contributed by atoms with Crippen molar-refractivity contribution in [2.75, 3.05) is 6.54 Å². The molecule has 3 unspecified atom stereocenters. The molecule has 0 radical (unpaired) electrons. The third-order valence-electron chi connectivity index (χ3n) is 4.48. The molecule has 3 atom stereocenters. The van der Waals surface area contributed by atoms with Crippen molar-refractivity contribution >= 4 is 23.8 Å². The van der Waals surface area contributed by atoms with Gasteiger partial charge in [0.2, 0.25) is 11.8 Å². The summed E-state index contributed by atoms with van der Waals surface area (Å²) in [6.45, 7) is 0.468. The van der Waals surface area contributed by atoms with Crippen LogP contribution < -0.4 is 22.1 Å². The summed E-state index contributed by atoms with van der Waals surface area (Å²) in [5, 5.41) is 23.2. The first-order valence-corrected chi connectivity index (χ1v) is 9.79. The number of unbranched alkanes of at least 4 members (excludes halogenated alkanes) is 1. The maximum atomic E-state index is 12.6. The van der Waals surface area contributed by atoms with Crippen molar-refractivity contribution in [3.05, 3.63) is 35.9 Å². The zero-order valence-electron chi connectivity index (χ0n) is 16.8. The number of carboxylic acid groups (broad SMARTS) is 2. The van der Waals surface area contributed by atoms with Gasteiger partial charge < -0.3 is 32.3 Å². The Hall–Kier alpha value is -2.98. The number of nitrogens with one attached hydrogen (secondary N) is 2. The van der Waals surface area contributed by atoms with E-state index in [9.17, 15) is 24.3 Å². The predicted octanol–water partition coefficient (Wildman–Crippen LogP) is -0.396. The first-order chi connectivity index (χ1) is 14.2. The fourth-order valence-corrected chi connectivity index (χ4v) is 2.78. The summed E-state index contributed by atoms with van der Waals surface area (Å²) in [4.78, 5) is 47.4. The van der Waals surface area contributed by atoms with E-state index in [1.807, 2.05) is 0 Å². The molecule has 1 rings (SSSR count). The normalized spacial score (nSPS) is 13.7. The molecule has 0 fully saturated rings. The molecule has 0 aliphatic carbocycles. The highest BCUT2D eigenvalue weighted by Gasteiger charge is 2.28. The molecule has 10 nitrogen and oxygen atoms in total. The number of hydrogen-bond acceptors (Lipinski definition) is 6. The van der Waals surface area contributed by atoms with Gasteiger partial charge in [0.15, 0.2) is 0 Å². The van der Waals surface area contributed by atoms with Crippen molar-refractivity contribution in [1.82, 2.24) is 10.6 Å². The molecule has 166 valence electrons. The predicted molar refractivity (Wildman–Crippen MR) is 109 cm³/mol. The lowest BCUT2D eigenvalue weighted by Gasteiger charge is -2.22. The summed E-state index contributed by atoms with van der Waals surface area (Å²) in [5.41, 5.74) is 11.9. The van der Waals surface area contributed by atoms with Gasteiger partial charge in [0.1, 0.15) is 12.1 Å². The van der Waals surface area contributed by atoms with E-state index in [1.54, 1.807) is 30.3 Å². The number of hydrogen-bond donors (Lipinski definition) is 6. The molecule has 1 aromatic rings. The minimum Gasteiger partial charge on any atom is -0.481 e. The van der Waals surface area contributed by atoms with Crippen LogP contribution in [0.15, 0.2) is 30.3 Å². The second-order valence-corrected chi connectivity index (χ2v) is 6.97. The Labute approximate surface area is 175 Å². The highest BCUT2D eigenvalue weighted by Crippen LogP contribution is 2.06. The van der Waals surface area contributed by atoms with E-state index < -0.39 is 41.9 Å². The van der Waals surface area contributed by atoms with Crippen LogP contribution in [0, 0.1) is 0 Å². The van der Waals surface area contributed by atoms with Gasteiger partial charge in [-0.3, -0.25) is 14.4 Å². The molecule has 0 aliphatic rings. The van der Waals surface area contributed by atoms with Crippen LogP contribution in [0.2, 0.25) is 0 Å². The van der Waals surface area contributed by atoms with Crippen molar-refractivity contribution in [2.45, 2.75) is 56.7 Å². The Bertz CT molecular complexity index is 713. The summed E-state index contributed by atoms with van der Waals surface area (Å²) in [7, 11) is 0. The molecule has 0 saturated heterocycles. The number of carbonyl (C=O) groups is 4. The number of carboxylic acids is 2. The second-order valence-electron chi connectivity index (χ2n) is 6.97. The first-order valence-electron chi connectivity index (χ1n) is 9.79. The van der Waals surface area contributed by atoms with Gasteiger partial charge in [0, 0.05) is 12.8 Å². The fraction of sp³-hybridized carbons (Fsp3) is 0.500. The summed E-state index contributed by atoms with van der Waals surface area (Å²) in [5.74, 6) is -3.77. The van der Waals surface area contributed by atoms with Gasteiger partial charge in [-0.25, -0.2) is 4.79 Å². The lowest BCUT2D eigenvalue weighted by molar-refractivity contribution is -0.143. The van der Waals surface area contributed by atoms with Gasteiger partial charge in [-0.15, -0.1) is 0 Å². The second kappa shape index (κ2) is 13.3. The van der Waals surface area contributed by atoms with Crippen molar-refractivity contribution in [1.29, 1.82) is 0 Å². The van der Waals surface area contributed by atoms with E-state index in [1.165, 1.54) is 0 Å². The van der Waals surface area contributed by atoms with E-state index in [2.05, 4.69) is 10.6 Å². The molecular formula is C20H30N4O6. The Morgan fingerprint density at radius 1 is 0.900 bits per heavy atom. The van der Waals surface area contributed by atoms with Crippen LogP contribution in [0.1, 0.15) is 37.7 Å². The number of benzene rings is 1. The van der Waals surface area contributed by atoms with E-state index in [0.29, 0.717) is 31.4 Å². The van der Waals surface area contributed by atoms with Crippen molar-refractivity contribution in [3.63, 3.8) is 0 Å². The molecule has 8 N–H and O–H groups in total. The average Bonchev–Trinajstić information content (AvgIpc) is 2.70. The molecule has 0 aromatic heterocycles. The molecule has 0 aliphatic heterocycles. The topological polar surface area (TPSA) is 185 Å². The highest BCUT2D eigenvalue weighted by molar-refractivity contribution is 5.92. The maximum absolute atomic E-state index is 12.6. The minimum absolute atomic E-state index is 0.0418. The van der Waals surface area contributed by atoms with E-state index in [0.717, 1.165) is 0 Å². The van der Waals surface area contributed by atoms with Gasteiger partial charge in [-0.2, -0.15) is 0 Å². The molecule has 1 aromatic carbocycles. The zero-order chi connectivity index (χ0) is 22.5. The van der Waals surface area contributed by atoms with Gasteiger partial charge in [0.25, 0.3) is 0 Å². The van der Waals surface area contributed by atoms with Gasteiger partial charge in [-0.05, 0) is 31.4 Å². The van der Waals surface area contributed by atoms with Gasteiger partial charge >= 0.3 is 11.9 Å². The standard InChI is InChI=1S/C20H30N4O6/c21-11-5-4-8-14(22)18(27)23-15(9-10-17(25)26)19(28)24-16(20(29)30)12-13-6-2-1-3-7-13/h1-3,6-7,14-16H,4-5,8-12,21-22H2,(H,23,27)(H,24,28)(H,25,26)(H,29,30). The zero-order valence-corrected chi connectivity index (χ0v) is 16.8. The lowest BCUT2D eigenvalue weighted by atomic mass is 10.0. The summed E-state index contributed by atoms with van der Waals surface area (Å²) in [6.07, 6.45) is 1.17. The Morgan fingerprint density at radius 3 is 2.10 bits per heavy atom. The van der Waals surface area contributed by atoms with E-state index in [-0.39, 0.29) is 19.3 Å². The molecular weight excluding hydrogens is 392 g/mol. The van der Waals surface area contributed by atoms with Crippen LogP contribution in [0.5, 0.6) is 0 Å². The smallest absolute Gasteiger partial charge is 0.326 e. The molecule has 2 amide bonds. The summed E-state index contributed by atoms with van der Waals surface area (Å²) >= 11 is 0.